The van der Waals surface area contributed by atoms with E-state index in [2.05, 4.69) is 16.7 Å². The molecule has 168 valence electrons. The van der Waals surface area contributed by atoms with Crippen molar-refractivity contribution in [3.05, 3.63) is 29.3 Å². The van der Waals surface area contributed by atoms with Crippen molar-refractivity contribution in [1.29, 1.82) is 0 Å². The molecular weight excluding hydrogens is 388 g/mol. The van der Waals surface area contributed by atoms with Gasteiger partial charge in [-0.1, -0.05) is 19.3 Å². The highest BCUT2D eigenvalue weighted by Gasteiger charge is 2.38. The number of fused-ring (bicyclic) bond motifs is 2. The molecule has 0 N–H and O–H groups in total. The van der Waals surface area contributed by atoms with Crippen molar-refractivity contribution >= 4 is 17.5 Å². The quantitative estimate of drug-likeness (QED) is 0.744. The molecule has 1 saturated carbocycles. The average Bonchev–Trinajstić information content (AvgIpc) is 2.84. The molecule has 6 nitrogen and oxygen atoms in total. The molecule has 4 aliphatic rings. The summed E-state index contributed by atoms with van der Waals surface area (Å²) in [6.45, 7) is 7.41. The van der Waals surface area contributed by atoms with Gasteiger partial charge in [-0.2, -0.15) is 0 Å². The first kappa shape index (κ1) is 20.8. The summed E-state index contributed by atoms with van der Waals surface area (Å²) in [7, 11) is 0. The van der Waals surface area contributed by atoms with Gasteiger partial charge in [-0.3, -0.25) is 14.5 Å². The number of nitrogens with zero attached hydrogens (tertiary/aromatic N) is 4. The number of hydrogen-bond donors (Lipinski definition) is 0. The zero-order valence-corrected chi connectivity index (χ0v) is 18.9. The van der Waals surface area contributed by atoms with E-state index in [1.54, 1.807) is 0 Å². The van der Waals surface area contributed by atoms with Gasteiger partial charge in [0.15, 0.2) is 0 Å². The fourth-order valence-corrected chi connectivity index (χ4v) is 6.17. The normalized spacial score (nSPS) is 25.4. The second kappa shape index (κ2) is 8.81. The van der Waals surface area contributed by atoms with E-state index >= 15 is 0 Å². The second-order valence-corrected chi connectivity index (χ2v) is 9.61. The number of piperidine rings is 1. The van der Waals surface area contributed by atoms with Crippen molar-refractivity contribution in [3.8, 4) is 0 Å². The Kier molecular flexibility index (Phi) is 5.91. The summed E-state index contributed by atoms with van der Waals surface area (Å²) < 4.78 is 0. The third-order valence-electron chi connectivity index (χ3n) is 7.91. The first-order chi connectivity index (χ1) is 15.2. The van der Waals surface area contributed by atoms with E-state index < -0.39 is 0 Å². The van der Waals surface area contributed by atoms with E-state index in [-0.39, 0.29) is 18.0 Å². The lowest BCUT2D eigenvalue weighted by Gasteiger charge is -2.47. The van der Waals surface area contributed by atoms with Crippen LogP contribution in [0, 0.1) is 0 Å². The fourth-order valence-electron chi connectivity index (χ4n) is 6.17. The van der Waals surface area contributed by atoms with E-state index in [1.807, 2.05) is 28.0 Å². The van der Waals surface area contributed by atoms with Crippen molar-refractivity contribution in [1.82, 2.24) is 14.7 Å². The van der Waals surface area contributed by atoms with Crippen molar-refractivity contribution in [2.75, 3.05) is 44.2 Å². The molecule has 1 aromatic carbocycles. The Bertz CT molecular complexity index is 827. The summed E-state index contributed by atoms with van der Waals surface area (Å²) in [5.41, 5.74) is 2.42. The molecule has 2 amide bonds. The van der Waals surface area contributed by atoms with Gasteiger partial charge in [-0.05, 0) is 57.2 Å². The molecular formula is C25H36N4O2. The van der Waals surface area contributed by atoms with Gasteiger partial charge in [0.2, 0.25) is 0 Å². The van der Waals surface area contributed by atoms with E-state index in [9.17, 15) is 9.59 Å². The van der Waals surface area contributed by atoms with Gasteiger partial charge in [0.1, 0.15) is 6.17 Å². The van der Waals surface area contributed by atoms with Crippen LogP contribution in [0.5, 0.6) is 0 Å². The Morgan fingerprint density at radius 2 is 1.68 bits per heavy atom. The molecule has 1 unspecified atom stereocenters. The number of amides is 2. The minimum absolute atomic E-state index is 0.112. The van der Waals surface area contributed by atoms with Gasteiger partial charge in [-0.25, -0.2) is 0 Å². The van der Waals surface area contributed by atoms with Crippen molar-refractivity contribution in [2.24, 2.45) is 0 Å². The molecule has 0 aromatic heterocycles. The lowest BCUT2D eigenvalue weighted by molar-refractivity contribution is 0.0520. The first-order valence-corrected chi connectivity index (χ1v) is 12.4. The number of rotatable bonds is 3. The molecule has 0 spiro atoms. The van der Waals surface area contributed by atoms with Gasteiger partial charge >= 0.3 is 0 Å². The minimum Gasteiger partial charge on any atom is -0.351 e. The number of benzene rings is 1. The van der Waals surface area contributed by atoms with Crippen LogP contribution in [0.15, 0.2) is 18.2 Å². The monoisotopic (exact) mass is 424 g/mol. The van der Waals surface area contributed by atoms with Gasteiger partial charge in [0, 0.05) is 50.9 Å². The first-order valence-electron chi connectivity index (χ1n) is 12.4. The fraction of sp³-hybridized carbons (Fsp3) is 0.680. The van der Waals surface area contributed by atoms with Crippen LogP contribution in [-0.4, -0.2) is 78.0 Å². The summed E-state index contributed by atoms with van der Waals surface area (Å²) in [6.07, 6.45) is 10.1. The number of hydrogen-bond acceptors (Lipinski definition) is 4. The van der Waals surface area contributed by atoms with Crippen LogP contribution in [0.2, 0.25) is 0 Å². The minimum atomic E-state index is 0.112. The van der Waals surface area contributed by atoms with Crippen LogP contribution in [-0.2, 0) is 0 Å². The molecule has 5 rings (SSSR count). The Labute approximate surface area is 186 Å². The molecule has 1 aromatic rings. The third kappa shape index (κ3) is 3.84. The number of carbonyl (C=O) groups is 2. The predicted molar refractivity (Wildman–Crippen MR) is 122 cm³/mol. The van der Waals surface area contributed by atoms with Crippen LogP contribution < -0.4 is 4.90 Å². The molecule has 0 radical (unpaired) electrons. The summed E-state index contributed by atoms with van der Waals surface area (Å²) in [5.74, 6) is 0.241. The molecule has 3 fully saturated rings. The van der Waals surface area contributed by atoms with Gasteiger partial charge < -0.3 is 14.7 Å². The Morgan fingerprint density at radius 1 is 0.935 bits per heavy atom. The van der Waals surface area contributed by atoms with Crippen molar-refractivity contribution in [3.63, 3.8) is 0 Å². The maximum Gasteiger partial charge on any atom is 0.257 e. The van der Waals surface area contributed by atoms with E-state index in [0.717, 1.165) is 81.4 Å². The van der Waals surface area contributed by atoms with Crippen LogP contribution in [0.1, 0.15) is 79.0 Å². The van der Waals surface area contributed by atoms with E-state index in [0.29, 0.717) is 0 Å². The second-order valence-electron chi connectivity index (χ2n) is 9.61. The average molecular weight is 425 g/mol. The molecule has 1 atom stereocenters. The van der Waals surface area contributed by atoms with Crippen molar-refractivity contribution < 1.29 is 9.59 Å². The van der Waals surface area contributed by atoms with Gasteiger partial charge in [0.05, 0.1) is 11.3 Å². The maximum absolute atomic E-state index is 13.3. The van der Waals surface area contributed by atoms with Crippen LogP contribution in [0.25, 0.3) is 0 Å². The maximum atomic E-state index is 13.3. The van der Waals surface area contributed by atoms with Gasteiger partial charge in [-0.15, -0.1) is 0 Å². The standard InChI is InChI=1S/C25H36N4O2/c1-2-28-22-18-19(11-12-21(22)25(31)29-13-7-6-10-23(28)29)24(30)27-16-14-26(15-17-27)20-8-4-3-5-9-20/h11-12,18,20,23H,2-10,13-17H2,1H3. The lowest BCUT2D eigenvalue weighted by atomic mass is 9.93. The summed E-state index contributed by atoms with van der Waals surface area (Å²) in [5, 5.41) is 0. The Morgan fingerprint density at radius 3 is 2.42 bits per heavy atom. The smallest absolute Gasteiger partial charge is 0.257 e. The summed E-state index contributed by atoms with van der Waals surface area (Å²) in [4.78, 5) is 35.4. The van der Waals surface area contributed by atoms with Crippen LogP contribution in [0.4, 0.5) is 5.69 Å². The Hall–Kier alpha value is -2.08. The lowest BCUT2D eigenvalue weighted by Crippen LogP contribution is -2.57. The van der Waals surface area contributed by atoms with Gasteiger partial charge in [0.25, 0.3) is 11.8 Å². The molecule has 3 aliphatic heterocycles. The highest BCUT2D eigenvalue weighted by Crippen LogP contribution is 2.36. The Balaban J connectivity index is 1.31. The van der Waals surface area contributed by atoms with Crippen LogP contribution in [0.3, 0.4) is 0 Å². The third-order valence-corrected chi connectivity index (χ3v) is 7.91. The number of carbonyl (C=O) groups excluding carboxylic acids is 2. The topological polar surface area (TPSA) is 47.1 Å². The van der Waals surface area contributed by atoms with E-state index in [1.165, 1.54) is 32.1 Å². The molecule has 2 saturated heterocycles. The van der Waals surface area contributed by atoms with E-state index in [4.69, 9.17) is 0 Å². The largest absolute Gasteiger partial charge is 0.351 e. The summed E-state index contributed by atoms with van der Waals surface area (Å²) in [6, 6.07) is 6.46. The SMILES string of the molecule is CCN1c2cc(C(=O)N3CCN(C4CCCCC4)CC3)ccc2C(=O)N2CCCCC21. The number of piperazine rings is 1. The highest BCUT2D eigenvalue weighted by molar-refractivity contribution is 6.04. The highest BCUT2D eigenvalue weighted by atomic mass is 16.2. The zero-order valence-electron chi connectivity index (χ0n) is 18.9. The molecule has 1 aliphatic carbocycles. The predicted octanol–water partition coefficient (Wildman–Crippen LogP) is 3.57. The molecule has 0 bridgehead atoms. The van der Waals surface area contributed by atoms with Crippen LogP contribution >= 0.6 is 0 Å². The van der Waals surface area contributed by atoms with Crippen molar-refractivity contribution in [2.45, 2.75) is 70.5 Å². The number of anilines is 1. The molecule has 3 heterocycles. The molecule has 6 heteroatoms. The summed E-state index contributed by atoms with van der Waals surface area (Å²) >= 11 is 0. The zero-order chi connectivity index (χ0) is 21.4. The molecule has 31 heavy (non-hydrogen) atoms.